The molecule has 4 nitrogen and oxygen atoms in total. The monoisotopic (exact) mass is 286 g/mol. The molecule has 0 aliphatic rings. The van der Waals surface area contributed by atoms with Crippen LogP contribution < -0.4 is 5.32 Å². The van der Waals surface area contributed by atoms with Gasteiger partial charge in [-0.05, 0) is 43.5 Å². The quantitative estimate of drug-likeness (QED) is 0.849. The highest BCUT2D eigenvalue weighted by Gasteiger charge is 2.07. The van der Waals surface area contributed by atoms with Crippen molar-refractivity contribution in [1.29, 1.82) is 0 Å². The Morgan fingerprint density at radius 3 is 2.71 bits per heavy atom. The van der Waals surface area contributed by atoms with Gasteiger partial charge >= 0.3 is 0 Å². The zero-order valence-electron chi connectivity index (χ0n) is 13.6. The molecule has 0 aliphatic carbocycles. The van der Waals surface area contributed by atoms with E-state index in [2.05, 4.69) is 43.2 Å². The van der Waals surface area contributed by atoms with Crippen LogP contribution in [0.15, 0.2) is 24.5 Å². The van der Waals surface area contributed by atoms with Crippen LogP contribution in [0.1, 0.15) is 44.3 Å². The Bertz CT molecular complexity index is 572. The fraction of sp³-hybridized carbons (Fsp3) is 0.529. The number of aryl methyl sites for hydroxylation is 2. The second-order valence-corrected chi connectivity index (χ2v) is 5.94. The fourth-order valence-corrected chi connectivity index (χ4v) is 2.37. The van der Waals surface area contributed by atoms with Gasteiger partial charge in [0.15, 0.2) is 0 Å². The van der Waals surface area contributed by atoms with Crippen molar-refractivity contribution in [2.45, 2.75) is 47.1 Å². The topological polar surface area (TPSA) is 42.7 Å². The standard InChI is InChI=1S/C17H26N4/c1-5-6-16-9-15(12-18-11-13(2)3)10-17(20-16)21-8-7-19-14(21)4/h7-10,13,18H,5-6,11-12H2,1-4H3. The lowest BCUT2D eigenvalue weighted by Gasteiger charge is -2.12. The zero-order valence-corrected chi connectivity index (χ0v) is 13.6. The SMILES string of the molecule is CCCc1cc(CNCC(C)C)cc(-n2ccnc2C)n1. The Balaban J connectivity index is 2.24. The Kier molecular flexibility index (Phi) is 5.51. The second kappa shape index (κ2) is 7.36. The maximum Gasteiger partial charge on any atom is 0.138 e. The molecule has 2 aromatic rings. The molecule has 0 bridgehead atoms. The number of hydrogen-bond acceptors (Lipinski definition) is 3. The molecule has 2 aromatic heterocycles. The molecule has 114 valence electrons. The highest BCUT2D eigenvalue weighted by atomic mass is 15.1. The van der Waals surface area contributed by atoms with E-state index < -0.39 is 0 Å². The summed E-state index contributed by atoms with van der Waals surface area (Å²) in [5, 5.41) is 3.50. The van der Waals surface area contributed by atoms with Crippen molar-refractivity contribution in [1.82, 2.24) is 19.9 Å². The molecule has 0 unspecified atom stereocenters. The molecule has 0 atom stereocenters. The predicted octanol–water partition coefficient (Wildman–Crippen LogP) is 3.27. The molecule has 21 heavy (non-hydrogen) atoms. The van der Waals surface area contributed by atoms with Crippen LogP contribution in [0.3, 0.4) is 0 Å². The summed E-state index contributed by atoms with van der Waals surface area (Å²) in [7, 11) is 0. The van der Waals surface area contributed by atoms with E-state index in [1.807, 2.05) is 23.9 Å². The van der Waals surface area contributed by atoms with Gasteiger partial charge in [-0.25, -0.2) is 9.97 Å². The average Bonchev–Trinajstić information content (AvgIpc) is 2.85. The summed E-state index contributed by atoms with van der Waals surface area (Å²) in [6.45, 7) is 10.6. The largest absolute Gasteiger partial charge is 0.312 e. The van der Waals surface area contributed by atoms with Crippen LogP contribution in [-0.4, -0.2) is 21.1 Å². The molecule has 0 amide bonds. The highest BCUT2D eigenvalue weighted by Crippen LogP contribution is 2.14. The van der Waals surface area contributed by atoms with E-state index in [1.165, 1.54) is 5.56 Å². The smallest absolute Gasteiger partial charge is 0.138 e. The normalized spacial score (nSPS) is 11.3. The first kappa shape index (κ1) is 15.7. The van der Waals surface area contributed by atoms with E-state index in [9.17, 15) is 0 Å². The maximum absolute atomic E-state index is 4.76. The number of pyridine rings is 1. The number of rotatable bonds is 7. The van der Waals surface area contributed by atoms with Crippen LogP contribution in [0, 0.1) is 12.8 Å². The molecule has 0 saturated carbocycles. The third kappa shape index (κ3) is 4.39. The summed E-state index contributed by atoms with van der Waals surface area (Å²) in [5.74, 6) is 2.60. The molecule has 0 aliphatic heterocycles. The van der Waals surface area contributed by atoms with Gasteiger partial charge in [0.2, 0.25) is 0 Å². The summed E-state index contributed by atoms with van der Waals surface area (Å²) in [6, 6.07) is 4.37. The predicted molar refractivity (Wildman–Crippen MR) is 86.6 cm³/mol. The maximum atomic E-state index is 4.76. The zero-order chi connectivity index (χ0) is 15.2. The van der Waals surface area contributed by atoms with Crippen LogP contribution in [-0.2, 0) is 13.0 Å². The molecular weight excluding hydrogens is 260 g/mol. The van der Waals surface area contributed by atoms with Gasteiger partial charge in [0, 0.05) is 24.6 Å². The Labute approximate surface area is 127 Å². The molecule has 0 saturated heterocycles. The van der Waals surface area contributed by atoms with E-state index in [0.717, 1.165) is 43.3 Å². The van der Waals surface area contributed by atoms with Crippen molar-refractivity contribution in [2.24, 2.45) is 5.92 Å². The molecule has 0 radical (unpaired) electrons. The molecule has 0 aromatic carbocycles. The highest BCUT2D eigenvalue weighted by molar-refractivity contribution is 5.32. The van der Waals surface area contributed by atoms with Gasteiger partial charge in [-0.3, -0.25) is 4.57 Å². The third-order valence-electron chi connectivity index (χ3n) is 3.39. The first-order chi connectivity index (χ1) is 10.1. The van der Waals surface area contributed by atoms with Crippen LogP contribution in [0.5, 0.6) is 0 Å². The number of nitrogens with one attached hydrogen (secondary N) is 1. The van der Waals surface area contributed by atoms with E-state index >= 15 is 0 Å². The summed E-state index contributed by atoms with van der Waals surface area (Å²) in [5.41, 5.74) is 2.45. The van der Waals surface area contributed by atoms with Crippen molar-refractivity contribution in [3.63, 3.8) is 0 Å². The van der Waals surface area contributed by atoms with E-state index in [-0.39, 0.29) is 0 Å². The van der Waals surface area contributed by atoms with Crippen molar-refractivity contribution >= 4 is 0 Å². The van der Waals surface area contributed by atoms with E-state index in [0.29, 0.717) is 5.92 Å². The fourth-order valence-electron chi connectivity index (χ4n) is 2.37. The Hall–Kier alpha value is -1.68. The van der Waals surface area contributed by atoms with Gasteiger partial charge in [0.25, 0.3) is 0 Å². The van der Waals surface area contributed by atoms with Crippen LogP contribution in [0.4, 0.5) is 0 Å². The van der Waals surface area contributed by atoms with E-state index in [1.54, 1.807) is 0 Å². The van der Waals surface area contributed by atoms with Gasteiger partial charge in [-0.1, -0.05) is 27.2 Å². The summed E-state index contributed by atoms with van der Waals surface area (Å²) >= 11 is 0. The minimum atomic E-state index is 0.664. The van der Waals surface area contributed by atoms with Crippen molar-refractivity contribution in [2.75, 3.05) is 6.54 Å². The number of hydrogen-bond donors (Lipinski definition) is 1. The van der Waals surface area contributed by atoms with Crippen molar-refractivity contribution in [3.05, 3.63) is 41.6 Å². The van der Waals surface area contributed by atoms with Crippen LogP contribution in [0.25, 0.3) is 5.82 Å². The molecule has 0 spiro atoms. The lowest BCUT2D eigenvalue weighted by atomic mass is 10.1. The molecule has 2 rings (SSSR count). The summed E-state index contributed by atoms with van der Waals surface area (Å²) in [4.78, 5) is 9.06. The van der Waals surface area contributed by atoms with Gasteiger partial charge < -0.3 is 5.32 Å². The second-order valence-electron chi connectivity index (χ2n) is 5.94. The Morgan fingerprint density at radius 2 is 2.10 bits per heavy atom. The first-order valence-corrected chi connectivity index (χ1v) is 7.81. The molecule has 2 heterocycles. The summed E-state index contributed by atoms with van der Waals surface area (Å²) in [6.07, 6.45) is 5.91. The van der Waals surface area contributed by atoms with Crippen LogP contribution in [0.2, 0.25) is 0 Å². The lowest BCUT2D eigenvalue weighted by Crippen LogP contribution is -2.19. The third-order valence-corrected chi connectivity index (χ3v) is 3.39. The van der Waals surface area contributed by atoms with Gasteiger partial charge in [-0.15, -0.1) is 0 Å². The summed E-state index contributed by atoms with van der Waals surface area (Å²) < 4.78 is 2.05. The molecule has 1 N–H and O–H groups in total. The number of aromatic nitrogens is 3. The molecule has 4 heteroatoms. The number of nitrogens with zero attached hydrogens (tertiary/aromatic N) is 3. The average molecular weight is 286 g/mol. The van der Waals surface area contributed by atoms with Crippen LogP contribution >= 0.6 is 0 Å². The molecule has 0 fully saturated rings. The van der Waals surface area contributed by atoms with Gasteiger partial charge in [0.05, 0.1) is 0 Å². The van der Waals surface area contributed by atoms with E-state index in [4.69, 9.17) is 4.98 Å². The number of imidazole rings is 1. The minimum absolute atomic E-state index is 0.664. The lowest BCUT2D eigenvalue weighted by molar-refractivity contribution is 0.552. The molecular formula is C17H26N4. The Morgan fingerprint density at radius 1 is 1.29 bits per heavy atom. The van der Waals surface area contributed by atoms with Gasteiger partial charge in [0.1, 0.15) is 11.6 Å². The minimum Gasteiger partial charge on any atom is -0.312 e. The van der Waals surface area contributed by atoms with Crippen molar-refractivity contribution in [3.8, 4) is 5.82 Å². The first-order valence-electron chi connectivity index (χ1n) is 7.81. The van der Waals surface area contributed by atoms with Gasteiger partial charge in [-0.2, -0.15) is 0 Å². The van der Waals surface area contributed by atoms with Crippen molar-refractivity contribution < 1.29 is 0 Å².